The first-order valence-electron chi connectivity index (χ1n) is 5.88. The van der Waals surface area contributed by atoms with E-state index in [-0.39, 0.29) is 18.1 Å². The van der Waals surface area contributed by atoms with Crippen molar-refractivity contribution in [1.29, 1.82) is 0 Å². The van der Waals surface area contributed by atoms with Crippen molar-refractivity contribution in [2.24, 2.45) is 5.73 Å². The molecule has 0 saturated carbocycles. The molecule has 0 aliphatic carbocycles. The van der Waals surface area contributed by atoms with E-state index in [0.717, 1.165) is 5.56 Å². The standard InChI is InChI=1S/C12H16N4O2S/c13-7-9-16(10-11-4-2-1-3-5-11)19(17,18)12-6-8-14-15-12/h1-6,8H,7,9-10,13H2,(H,14,15). The van der Waals surface area contributed by atoms with Crippen molar-refractivity contribution in [2.45, 2.75) is 11.6 Å². The summed E-state index contributed by atoms with van der Waals surface area (Å²) in [5, 5.41) is 6.24. The molecule has 2 aromatic rings. The van der Waals surface area contributed by atoms with Crippen LogP contribution in [0.4, 0.5) is 0 Å². The molecule has 2 rings (SSSR count). The Kier molecular flexibility index (Phi) is 4.31. The maximum absolute atomic E-state index is 12.4. The van der Waals surface area contributed by atoms with E-state index >= 15 is 0 Å². The molecule has 1 aromatic heterocycles. The molecule has 0 atom stereocenters. The summed E-state index contributed by atoms with van der Waals surface area (Å²) in [6.45, 7) is 0.815. The van der Waals surface area contributed by atoms with E-state index < -0.39 is 10.0 Å². The number of benzene rings is 1. The van der Waals surface area contributed by atoms with Gasteiger partial charge in [-0.25, -0.2) is 8.42 Å². The van der Waals surface area contributed by atoms with Crippen LogP contribution in [0.2, 0.25) is 0 Å². The van der Waals surface area contributed by atoms with E-state index in [9.17, 15) is 8.42 Å². The fourth-order valence-corrected chi connectivity index (χ4v) is 3.08. The zero-order valence-electron chi connectivity index (χ0n) is 10.4. The second-order valence-electron chi connectivity index (χ2n) is 4.03. The van der Waals surface area contributed by atoms with Crippen molar-refractivity contribution in [3.8, 4) is 0 Å². The molecular weight excluding hydrogens is 264 g/mol. The maximum atomic E-state index is 12.4. The normalized spacial score (nSPS) is 11.9. The van der Waals surface area contributed by atoms with E-state index in [0.29, 0.717) is 6.54 Å². The van der Waals surface area contributed by atoms with Crippen LogP contribution in [0.3, 0.4) is 0 Å². The summed E-state index contributed by atoms with van der Waals surface area (Å²) >= 11 is 0. The molecule has 1 heterocycles. The molecule has 0 amide bonds. The van der Waals surface area contributed by atoms with Gasteiger partial charge in [-0.05, 0) is 11.6 Å². The molecule has 3 N–H and O–H groups in total. The molecule has 19 heavy (non-hydrogen) atoms. The van der Waals surface area contributed by atoms with E-state index in [2.05, 4.69) is 10.2 Å². The third-order valence-corrected chi connectivity index (χ3v) is 4.45. The molecule has 0 bridgehead atoms. The Morgan fingerprint density at radius 1 is 1.21 bits per heavy atom. The Bertz CT molecular complexity index is 596. The second-order valence-corrected chi connectivity index (χ2v) is 5.94. The third kappa shape index (κ3) is 3.19. The number of nitrogens with one attached hydrogen (secondary N) is 1. The number of aromatic nitrogens is 2. The van der Waals surface area contributed by atoms with E-state index in [1.807, 2.05) is 30.3 Å². The largest absolute Gasteiger partial charge is 0.329 e. The number of H-pyrrole nitrogens is 1. The molecular formula is C12H16N4O2S. The van der Waals surface area contributed by atoms with E-state index in [4.69, 9.17) is 5.73 Å². The van der Waals surface area contributed by atoms with Crippen LogP contribution in [0.25, 0.3) is 0 Å². The smallest absolute Gasteiger partial charge is 0.260 e. The van der Waals surface area contributed by atoms with Gasteiger partial charge in [0.25, 0.3) is 10.0 Å². The fraction of sp³-hybridized carbons (Fsp3) is 0.250. The Labute approximate surface area is 112 Å². The Morgan fingerprint density at radius 3 is 2.53 bits per heavy atom. The van der Waals surface area contributed by atoms with Gasteiger partial charge in [0.15, 0.2) is 5.03 Å². The highest BCUT2D eigenvalue weighted by molar-refractivity contribution is 7.89. The highest BCUT2D eigenvalue weighted by Gasteiger charge is 2.25. The van der Waals surface area contributed by atoms with Crippen LogP contribution in [0.15, 0.2) is 47.6 Å². The molecule has 6 nitrogen and oxygen atoms in total. The minimum Gasteiger partial charge on any atom is -0.329 e. The molecule has 0 radical (unpaired) electrons. The lowest BCUT2D eigenvalue weighted by Crippen LogP contribution is -2.35. The van der Waals surface area contributed by atoms with Crippen LogP contribution in [-0.4, -0.2) is 36.0 Å². The summed E-state index contributed by atoms with van der Waals surface area (Å²) in [5.41, 5.74) is 6.42. The molecule has 0 unspecified atom stereocenters. The van der Waals surface area contributed by atoms with Crippen LogP contribution >= 0.6 is 0 Å². The average molecular weight is 280 g/mol. The monoisotopic (exact) mass is 280 g/mol. The molecule has 1 aromatic carbocycles. The minimum absolute atomic E-state index is 0.0804. The molecule has 7 heteroatoms. The maximum Gasteiger partial charge on any atom is 0.260 e. The average Bonchev–Trinajstić information content (AvgIpc) is 2.94. The SMILES string of the molecule is NCCN(Cc1ccccc1)S(=O)(=O)c1ccn[nH]1. The lowest BCUT2D eigenvalue weighted by Gasteiger charge is -2.20. The number of hydrogen-bond donors (Lipinski definition) is 2. The Balaban J connectivity index is 2.26. The Morgan fingerprint density at radius 2 is 1.95 bits per heavy atom. The van der Waals surface area contributed by atoms with Crippen molar-refractivity contribution in [2.75, 3.05) is 13.1 Å². The van der Waals surface area contributed by atoms with Gasteiger partial charge in [0.2, 0.25) is 0 Å². The zero-order valence-corrected chi connectivity index (χ0v) is 11.2. The van der Waals surface area contributed by atoms with Gasteiger partial charge in [0.05, 0.1) is 6.20 Å². The van der Waals surface area contributed by atoms with Crippen molar-refractivity contribution in [3.63, 3.8) is 0 Å². The molecule has 0 aliphatic heterocycles. The summed E-state index contributed by atoms with van der Waals surface area (Å²) in [6, 6.07) is 10.8. The van der Waals surface area contributed by atoms with Crippen molar-refractivity contribution in [1.82, 2.24) is 14.5 Å². The van der Waals surface area contributed by atoms with Crippen LogP contribution < -0.4 is 5.73 Å². The fourth-order valence-electron chi connectivity index (χ4n) is 1.74. The summed E-state index contributed by atoms with van der Waals surface area (Å²) in [7, 11) is -3.58. The summed E-state index contributed by atoms with van der Waals surface area (Å²) in [5.74, 6) is 0. The van der Waals surface area contributed by atoms with Gasteiger partial charge in [-0.1, -0.05) is 30.3 Å². The van der Waals surface area contributed by atoms with Gasteiger partial charge < -0.3 is 5.73 Å². The first kappa shape index (κ1) is 13.7. The van der Waals surface area contributed by atoms with Crippen LogP contribution in [0.5, 0.6) is 0 Å². The van der Waals surface area contributed by atoms with E-state index in [1.165, 1.54) is 16.6 Å². The highest BCUT2D eigenvalue weighted by atomic mass is 32.2. The van der Waals surface area contributed by atoms with Crippen molar-refractivity contribution in [3.05, 3.63) is 48.2 Å². The molecule has 0 spiro atoms. The number of nitrogens with zero attached hydrogens (tertiary/aromatic N) is 2. The van der Waals surface area contributed by atoms with Crippen LogP contribution in [0, 0.1) is 0 Å². The van der Waals surface area contributed by atoms with Gasteiger partial charge in [0, 0.05) is 19.6 Å². The number of rotatable bonds is 6. The second kappa shape index (κ2) is 5.96. The summed E-state index contributed by atoms with van der Waals surface area (Å²) in [4.78, 5) is 0. The lowest BCUT2D eigenvalue weighted by molar-refractivity contribution is 0.412. The van der Waals surface area contributed by atoms with Gasteiger partial charge in [0.1, 0.15) is 0 Å². The predicted octanol–water partition coefficient (Wildman–Crippen LogP) is 0.559. The number of hydrogen-bond acceptors (Lipinski definition) is 4. The van der Waals surface area contributed by atoms with Gasteiger partial charge >= 0.3 is 0 Å². The minimum atomic E-state index is -3.58. The number of aromatic amines is 1. The quantitative estimate of drug-likeness (QED) is 0.808. The summed E-state index contributed by atoms with van der Waals surface area (Å²) < 4.78 is 26.1. The first-order chi connectivity index (χ1) is 9.14. The van der Waals surface area contributed by atoms with Crippen LogP contribution in [0.1, 0.15) is 5.56 Å². The van der Waals surface area contributed by atoms with Gasteiger partial charge in [-0.3, -0.25) is 5.10 Å². The predicted molar refractivity (Wildman–Crippen MR) is 71.7 cm³/mol. The molecule has 0 saturated heterocycles. The lowest BCUT2D eigenvalue weighted by atomic mass is 10.2. The number of nitrogens with two attached hydrogens (primary N) is 1. The van der Waals surface area contributed by atoms with Crippen molar-refractivity contribution < 1.29 is 8.42 Å². The summed E-state index contributed by atoms with van der Waals surface area (Å²) in [6.07, 6.45) is 1.41. The topological polar surface area (TPSA) is 92.1 Å². The van der Waals surface area contributed by atoms with Crippen LogP contribution in [-0.2, 0) is 16.6 Å². The molecule has 102 valence electrons. The van der Waals surface area contributed by atoms with Gasteiger partial charge in [-0.15, -0.1) is 0 Å². The van der Waals surface area contributed by atoms with E-state index in [1.54, 1.807) is 0 Å². The number of sulfonamides is 1. The first-order valence-corrected chi connectivity index (χ1v) is 7.32. The molecule has 0 fully saturated rings. The third-order valence-electron chi connectivity index (χ3n) is 2.67. The molecule has 0 aliphatic rings. The highest BCUT2D eigenvalue weighted by Crippen LogP contribution is 2.15. The zero-order chi connectivity index (χ0) is 13.7. The van der Waals surface area contributed by atoms with Gasteiger partial charge in [-0.2, -0.15) is 9.40 Å². The Hall–Kier alpha value is -1.70. The van der Waals surface area contributed by atoms with Crippen molar-refractivity contribution >= 4 is 10.0 Å².